The Bertz CT molecular complexity index is 788. The summed E-state index contributed by atoms with van der Waals surface area (Å²) < 4.78 is 14.9. The molecule has 4 nitrogen and oxygen atoms in total. The molecule has 3 heterocycles. The minimum Gasteiger partial charge on any atom is -0.355 e. The summed E-state index contributed by atoms with van der Waals surface area (Å²) in [6, 6.07) is 8.46. The molecule has 3 aromatic rings. The van der Waals surface area contributed by atoms with Gasteiger partial charge in [-0.3, -0.25) is 0 Å². The molecule has 22 heavy (non-hydrogen) atoms. The lowest BCUT2D eigenvalue weighted by molar-refractivity contribution is 0.574. The minimum absolute atomic E-state index is 0.233. The molecule has 2 aromatic heterocycles. The van der Waals surface area contributed by atoms with Crippen molar-refractivity contribution in [2.24, 2.45) is 0 Å². The standard InChI is InChI=1S/C17H17FN4/c18-14-6-4-13(5-7-14)15-12-16-17(19-8-11-22(16)20-15)21-9-2-1-3-10-21/h4-8,11-12H,1-3,9-10H2. The molecule has 1 aromatic carbocycles. The summed E-state index contributed by atoms with van der Waals surface area (Å²) in [5.41, 5.74) is 2.75. The summed E-state index contributed by atoms with van der Waals surface area (Å²) in [6.45, 7) is 2.09. The quantitative estimate of drug-likeness (QED) is 0.725. The Kier molecular flexibility index (Phi) is 3.25. The van der Waals surface area contributed by atoms with Gasteiger partial charge in [0, 0.05) is 31.0 Å². The van der Waals surface area contributed by atoms with Crippen LogP contribution in [0.3, 0.4) is 0 Å². The lowest BCUT2D eigenvalue weighted by atomic mass is 10.1. The zero-order valence-electron chi connectivity index (χ0n) is 12.2. The lowest BCUT2D eigenvalue weighted by Gasteiger charge is -2.27. The van der Waals surface area contributed by atoms with Gasteiger partial charge in [-0.2, -0.15) is 5.10 Å². The molecule has 5 heteroatoms. The molecule has 1 fully saturated rings. The molecular formula is C17H17FN4. The van der Waals surface area contributed by atoms with Gasteiger partial charge < -0.3 is 4.90 Å². The van der Waals surface area contributed by atoms with Gasteiger partial charge in [0.1, 0.15) is 11.3 Å². The first-order valence-electron chi connectivity index (χ1n) is 7.66. The zero-order valence-corrected chi connectivity index (χ0v) is 12.2. The van der Waals surface area contributed by atoms with Crippen molar-refractivity contribution >= 4 is 11.3 Å². The van der Waals surface area contributed by atoms with Crippen molar-refractivity contribution < 1.29 is 4.39 Å². The van der Waals surface area contributed by atoms with Crippen LogP contribution < -0.4 is 4.90 Å². The Morgan fingerprint density at radius 1 is 1.00 bits per heavy atom. The Morgan fingerprint density at radius 2 is 1.77 bits per heavy atom. The third-order valence-electron chi connectivity index (χ3n) is 4.17. The number of hydrogen-bond donors (Lipinski definition) is 0. The number of nitrogens with zero attached hydrogens (tertiary/aromatic N) is 4. The second kappa shape index (κ2) is 5.40. The Morgan fingerprint density at radius 3 is 2.55 bits per heavy atom. The fraction of sp³-hybridized carbons (Fsp3) is 0.294. The molecule has 0 atom stereocenters. The number of anilines is 1. The summed E-state index contributed by atoms with van der Waals surface area (Å²) in [6.07, 6.45) is 7.36. The fourth-order valence-corrected chi connectivity index (χ4v) is 3.02. The van der Waals surface area contributed by atoms with Gasteiger partial charge >= 0.3 is 0 Å². The first kappa shape index (κ1) is 13.2. The number of benzene rings is 1. The van der Waals surface area contributed by atoms with Crippen LogP contribution in [0.15, 0.2) is 42.7 Å². The SMILES string of the molecule is Fc1ccc(-c2cc3c(N4CCCCC4)nccn3n2)cc1. The maximum absolute atomic E-state index is 13.1. The van der Waals surface area contributed by atoms with Crippen LogP contribution in [0.25, 0.3) is 16.8 Å². The molecular weight excluding hydrogens is 279 g/mol. The van der Waals surface area contributed by atoms with Crippen LogP contribution in [-0.4, -0.2) is 27.7 Å². The van der Waals surface area contributed by atoms with E-state index >= 15 is 0 Å². The van der Waals surface area contributed by atoms with Gasteiger partial charge in [0.2, 0.25) is 0 Å². The number of hydrogen-bond acceptors (Lipinski definition) is 3. The molecule has 0 radical (unpaired) electrons. The van der Waals surface area contributed by atoms with Crippen LogP contribution in [-0.2, 0) is 0 Å². The Labute approximate surface area is 128 Å². The molecule has 0 N–H and O–H groups in total. The van der Waals surface area contributed by atoms with E-state index < -0.39 is 0 Å². The van der Waals surface area contributed by atoms with Crippen molar-refractivity contribution in [1.29, 1.82) is 0 Å². The Hall–Kier alpha value is -2.43. The number of halogens is 1. The van der Waals surface area contributed by atoms with Gasteiger partial charge in [0.15, 0.2) is 5.82 Å². The highest BCUT2D eigenvalue weighted by Crippen LogP contribution is 2.26. The Balaban J connectivity index is 1.78. The summed E-state index contributed by atoms with van der Waals surface area (Å²) in [5.74, 6) is 0.756. The predicted molar refractivity (Wildman–Crippen MR) is 84.4 cm³/mol. The fourth-order valence-electron chi connectivity index (χ4n) is 3.02. The highest BCUT2D eigenvalue weighted by molar-refractivity contribution is 5.75. The van der Waals surface area contributed by atoms with Crippen LogP contribution >= 0.6 is 0 Å². The van der Waals surface area contributed by atoms with E-state index in [1.807, 2.05) is 16.8 Å². The van der Waals surface area contributed by atoms with E-state index in [9.17, 15) is 4.39 Å². The van der Waals surface area contributed by atoms with E-state index in [1.54, 1.807) is 18.3 Å². The van der Waals surface area contributed by atoms with Gasteiger partial charge in [-0.1, -0.05) is 0 Å². The lowest BCUT2D eigenvalue weighted by Crippen LogP contribution is -2.30. The van der Waals surface area contributed by atoms with Crippen molar-refractivity contribution in [3.8, 4) is 11.3 Å². The topological polar surface area (TPSA) is 33.4 Å². The molecule has 1 aliphatic rings. The van der Waals surface area contributed by atoms with Gasteiger partial charge in [0.05, 0.1) is 5.69 Å². The molecule has 1 saturated heterocycles. The predicted octanol–water partition coefficient (Wildman–Crippen LogP) is 3.53. The highest BCUT2D eigenvalue weighted by atomic mass is 19.1. The monoisotopic (exact) mass is 296 g/mol. The zero-order chi connectivity index (χ0) is 14.9. The molecule has 112 valence electrons. The molecule has 4 rings (SSSR count). The molecule has 0 bridgehead atoms. The van der Waals surface area contributed by atoms with Crippen molar-refractivity contribution in [2.45, 2.75) is 19.3 Å². The number of piperidine rings is 1. The minimum atomic E-state index is -0.233. The summed E-state index contributed by atoms with van der Waals surface area (Å²) in [7, 11) is 0. The molecule has 0 saturated carbocycles. The van der Waals surface area contributed by atoms with Gasteiger partial charge in [0.25, 0.3) is 0 Å². The molecule has 0 unspecified atom stereocenters. The first-order chi connectivity index (χ1) is 10.8. The highest BCUT2D eigenvalue weighted by Gasteiger charge is 2.16. The summed E-state index contributed by atoms with van der Waals surface area (Å²) in [5, 5.41) is 4.60. The van der Waals surface area contributed by atoms with Crippen LogP contribution in [0.1, 0.15) is 19.3 Å². The third-order valence-corrected chi connectivity index (χ3v) is 4.17. The van der Waals surface area contributed by atoms with E-state index in [0.717, 1.165) is 35.7 Å². The first-order valence-corrected chi connectivity index (χ1v) is 7.66. The maximum atomic E-state index is 13.1. The van der Waals surface area contributed by atoms with E-state index in [1.165, 1.54) is 31.4 Å². The smallest absolute Gasteiger partial charge is 0.154 e. The second-order valence-electron chi connectivity index (χ2n) is 5.66. The van der Waals surface area contributed by atoms with Crippen LogP contribution in [0.4, 0.5) is 10.2 Å². The molecule has 0 aliphatic carbocycles. The van der Waals surface area contributed by atoms with Crippen LogP contribution in [0.5, 0.6) is 0 Å². The molecule has 0 amide bonds. The average Bonchev–Trinajstić information content (AvgIpc) is 3.00. The second-order valence-corrected chi connectivity index (χ2v) is 5.66. The van der Waals surface area contributed by atoms with Crippen molar-refractivity contribution in [3.63, 3.8) is 0 Å². The van der Waals surface area contributed by atoms with Crippen LogP contribution in [0, 0.1) is 5.82 Å². The van der Waals surface area contributed by atoms with Crippen molar-refractivity contribution in [2.75, 3.05) is 18.0 Å². The van der Waals surface area contributed by atoms with E-state index in [0.29, 0.717) is 0 Å². The third kappa shape index (κ3) is 2.32. The molecule has 1 aliphatic heterocycles. The maximum Gasteiger partial charge on any atom is 0.154 e. The van der Waals surface area contributed by atoms with E-state index in [-0.39, 0.29) is 5.82 Å². The van der Waals surface area contributed by atoms with Crippen molar-refractivity contribution in [3.05, 3.63) is 48.5 Å². The van der Waals surface area contributed by atoms with E-state index in [2.05, 4.69) is 15.0 Å². The largest absolute Gasteiger partial charge is 0.355 e. The van der Waals surface area contributed by atoms with Gasteiger partial charge in [-0.05, 0) is 49.6 Å². The summed E-state index contributed by atoms with van der Waals surface area (Å²) >= 11 is 0. The number of fused-ring (bicyclic) bond motifs is 1. The normalized spacial score (nSPS) is 15.4. The molecule has 0 spiro atoms. The number of rotatable bonds is 2. The summed E-state index contributed by atoms with van der Waals surface area (Å²) in [4.78, 5) is 6.89. The van der Waals surface area contributed by atoms with Crippen LogP contribution in [0.2, 0.25) is 0 Å². The van der Waals surface area contributed by atoms with Crippen molar-refractivity contribution in [1.82, 2.24) is 14.6 Å². The average molecular weight is 296 g/mol. The van der Waals surface area contributed by atoms with E-state index in [4.69, 9.17) is 0 Å². The van der Waals surface area contributed by atoms with Gasteiger partial charge in [-0.15, -0.1) is 0 Å². The number of aromatic nitrogens is 3. The van der Waals surface area contributed by atoms with Gasteiger partial charge in [-0.25, -0.2) is 13.9 Å².